The van der Waals surface area contributed by atoms with Gasteiger partial charge in [-0.1, -0.05) is 12.2 Å². The molecule has 0 saturated carbocycles. The number of hydrogen-bond acceptors (Lipinski definition) is 2. The Morgan fingerprint density at radius 3 is 2.94 bits per heavy atom. The van der Waals surface area contributed by atoms with Crippen LogP contribution in [0.25, 0.3) is 17.0 Å². The van der Waals surface area contributed by atoms with E-state index in [9.17, 15) is 0 Å². The van der Waals surface area contributed by atoms with Crippen LogP contribution < -0.4 is 10.5 Å². The number of hydrogen-bond donors (Lipinski definition) is 1. The number of methoxy groups -OCH3 is 1. The molecule has 0 unspecified atom stereocenters. The van der Waals surface area contributed by atoms with Crippen LogP contribution in [0.5, 0.6) is 5.75 Å². The van der Waals surface area contributed by atoms with E-state index < -0.39 is 0 Å². The number of ether oxygens (including phenoxy) is 1. The summed E-state index contributed by atoms with van der Waals surface area (Å²) < 4.78 is 7.45. The molecule has 0 aliphatic carbocycles. The van der Waals surface area contributed by atoms with Crippen molar-refractivity contribution in [1.29, 1.82) is 0 Å². The smallest absolute Gasteiger partial charge is 0.126 e. The molecular weight excluding hydrogens is 200 g/mol. The maximum absolute atomic E-state index is 5.46. The van der Waals surface area contributed by atoms with E-state index in [0.29, 0.717) is 6.54 Å². The summed E-state index contributed by atoms with van der Waals surface area (Å²) in [5.41, 5.74) is 7.71. The highest BCUT2D eigenvalue weighted by Crippen LogP contribution is 2.27. The summed E-state index contributed by atoms with van der Waals surface area (Å²) >= 11 is 0. The van der Waals surface area contributed by atoms with Crippen LogP contribution in [0.15, 0.2) is 30.5 Å². The standard InChI is InChI=1S/C13H16N2O/c1-15-7-5-10-9-13(16-2)11(4-3-6-14)8-12(10)15/h3-5,7-9H,6,14H2,1-2H3/b4-3+. The molecule has 2 N–H and O–H groups in total. The van der Waals surface area contributed by atoms with Gasteiger partial charge in [0.1, 0.15) is 5.75 Å². The molecule has 0 saturated heterocycles. The van der Waals surface area contributed by atoms with E-state index in [4.69, 9.17) is 10.5 Å². The Balaban J connectivity index is 2.60. The molecule has 1 heterocycles. The lowest BCUT2D eigenvalue weighted by Gasteiger charge is -2.06. The van der Waals surface area contributed by atoms with E-state index >= 15 is 0 Å². The van der Waals surface area contributed by atoms with E-state index in [1.54, 1.807) is 7.11 Å². The van der Waals surface area contributed by atoms with Crippen LogP contribution in [0.1, 0.15) is 5.56 Å². The lowest BCUT2D eigenvalue weighted by atomic mass is 10.1. The van der Waals surface area contributed by atoms with E-state index in [1.165, 1.54) is 10.9 Å². The van der Waals surface area contributed by atoms with Crippen molar-refractivity contribution in [2.75, 3.05) is 13.7 Å². The van der Waals surface area contributed by atoms with Gasteiger partial charge in [0.25, 0.3) is 0 Å². The number of nitrogens with zero attached hydrogens (tertiary/aromatic N) is 1. The van der Waals surface area contributed by atoms with Gasteiger partial charge in [0.15, 0.2) is 0 Å². The van der Waals surface area contributed by atoms with Crippen LogP contribution in [-0.2, 0) is 7.05 Å². The molecule has 0 atom stereocenters. The molecular formula is C13H16N2O. The minimum Gasteiger partial charge on any atom is -0.496 e. The summed E-state index contributed by atoms with van der Waals surface area (Å²) in [4.78, 5) is 0. The van der Waals surface area contributed by atoms with Gasteiger partial charge < -0.3 is 15.0 Å². The molecule has 0 aliphatic rings. The second-order valence-electron chi connectivity index (χ2n) is 3.72. The van der Waals surface area contributed by atoms with Gasteiger partial charge in [-0.05, 0) is 18.2 Å². The predicted molar refractivity (Wildman–Crippen MR) is 67.6 cm³/mol. The third kappa shape index (κ3) is 1.82. The zero-order chi connectivity index (χ0) is 11.5. The number of benzene rings is 1. The maximum Gasteiger partial charge on any atom is 0.126 e. The van der Waals surface area contributed by atoms with Gasteiger partial charge in [0.2, 0.25) is 0 Å². The Morgan fingerprint density at radius 2 is 2.25 bits per heavy atom. The Bertz CT molecular complexity index is 526. The van der Waals surface area contributed by atoms with Crippen LogP contribution >= 0.6 is 0 Å². The Kier molecular flexibility index (Phi) is 2.97. The fourth-order valence-corrected chi connectivity index (χ4v) is 1.81. The van der Waals surface area contributed by atoms with E-state index in [2.05, 4.69) is 16.7 Å². The molecule has 1 aromatic heterocycles. The molecule has 3 heteroatoms. The van der Waals surface area contributed by atoms with Gasteiger partial charge in [-0.3, -0.25) is 0 Å². The third-order valence-corrected chi connectivity index (χ3v) is 2.67. The lowest BCUT2D eigenvalue weighted by Crippen LogP contribution is -1.93. The van der Waals surface area contributed by atoms with Crippen molar-refractivity contribution in [3.8, 4) is 5.75 Å². The zero-order valence-electron chi connectivity index (χ0n) is 9.60. The van der Waals surface area contributed by atoms with Crippen LogP contribution in [0.3, 0.4) is 0 Å². The molecule has 0 spiro atoms. The first-order valence-corrected chi connectivity index (χ1v) is 5.26. The summed E-state index contributed by atoms with van der Waals surface area (Å²) in [5.74, 6) is 0.878. The van der Waals surface area contributed by atoms with Crippen molar-refractivity contribution in [2.45, 2.75) is 0 Å². The predicted octanol–water partition coefficient (Wildman–Crippen LogP) is 2.16. The second-order valence-corrected chi connectivity index (χ2v) is 3.72. The second kappa shape index (κ2) is 4.41. The number of aryl methyl sites for hydroxylation is 1. The quantitative estimate of drug-likeness (QED) is 0.854. The molecule has 16 heavy (non-hydrogen) atoms. The van der Waals surface area contributed by atoms with Gasteiger partial charge in [-0.25, -0.2) is 0 Å². The first-order valence-electron chi connectivity index (χ1n) is 5.26. The fraction of sp³-hybridized carbons (Fsp3) is 0.231. The molecule has 3 nitrogen and oxygen atoms in total. The average molecular weight is 216 g/mol. The highest BCUT2D eigenvalue weighted by molar-refractivity contribution is 5.85. The zero-order valence-corrected chi connectivity index (χ0v) is 9.60. The summed E-state index contributed by atoms with van der Waals surface area (Å²) in [7, 11) is 3.72. The number of fused-ring (bicyclic) bond motifs is 1. The van der Waals surface area contributed by atoms with Gasteiger partial charge in [0, 0.05) is 36.3 Å². The van der Waals surface area contributed by atoms with Crippen molar-refractivity contribution < 1.29 is 4.74 Å². The highest BCUT2D eigenvalue weighted by Gasteiger charge is 2.05. The van der Waals surface area contributed by atoms with Crippen LogP contribution in [0.4, 0.5) is 0 Å². The first-order chi connectivity index (χ1) is 7.76. The average Bonchev–Trinajstić information content (AvgIpc) is 2.66. The Labute approximate surface area is 95.1 Å². The molecule has 2 rings (SSSR count). The first kappa shape index (κ1) is 10.8. The van der Waals surface area contributed by atoms with Crippen molar-refractivity contribution >= 4 is 17.0 Å². The highest BCUT2D eigenvalue weighted by atomic mass is 16.5. The van der Waals surface area contributed by atoms with Crippen LogP contribution in [0.2, 0.25) is 0 Å². The topological polar surface area (TPSA) is 40.2 Å². The largest absolute Gasteiger partial charge is 0.496 e. The minimum atomic E-state index is 0.536. The Morgan fingerprint density at radius 1 is 1.44 bits per heavy atom. The number of rotatable bonds is 3. The van der Waals surface area contributed by atoms with Crippen molar-refractivity contribution in [1.82, 2.24) is 4.57 Å². The molecule has 0 radical (unpaired) electrons. The van der Waals surface area contributed by atoms with Crippen molar-refractivity contribution in [2.24, 2.45) is 12.8 Å². The summed E-state index contributed by atoms with van der Waals surface area (Å²) in [6.45, 7) is 0.536. The van der Waals surface area contributed by atoms with E-state index in [1.807, 2.05) is 31.5 Å². The maximum atomic E-state index is 5.46. The third-order valence-electron chi connectivity index (χ3n) is 2.67. The van der Waals surface area contributed by atoms with Crippen molar-refractivity contribution in [3.05, 3.63) is 36.0 Å². The molecule has 84 valence electrons. The van der Waals surface area contributed by atoms with Crippen LogP contribution in [-0.4, -0.2) is 18.2 Å². The molecule has 0 aliphatic heterocycles. The summed E-state index contributed by atoms with van der Waals surface area (Å²) in [5, 5.41) is 1.18. The lowest BCUT2D eigenvalue weighted by molar-refractivity contribution is 0.414. The molecule has 1 aromatic carbocycles. The van der Waals surface area contributed by atoms with E-state index in [0.717, 1.165) is 11.3 Å². The molecule has 2 aromatic rings. The van der Waals surface area contributed by atoms with Crippen LogP contribution in [0, 0.1) is 0 Å². The number of nitrogens with two attached hydrogens (primary N) is 1. The SMILES string of the molecule is COc1cc2ccn(C)c2cc1/C=C/CN. The summed E-state index contributed by atoms with van der Waals surface area (Å²) in [6.07, 6.45) is 5.96. The minimum absolute atomic E-state index is 0.536. The molecule has 0 fully saturated rings. The monoisotopic (exact) mass is 216 g/mol. The Hall–Kier alpha value is -1.74. The van der Waals surface area contributed by atoms with Gasteiger partial charge in [-0.15, -0.1) is 0 Å². The van der Waals surface area contributed by atoms with Gasteiger partial charge in [-0.2, -0.15) is 0 Å². The molecule has 0 bridgehead atoms. The summed E-state index contributed by atoms with van der Waals surface area (Å²) in [6, 6.07) is 6.24. The number of aromatic nitrogens is 1. The van der Waals surface area contributed by atoms with Gasteiger partial charge in [0.05, 0.1) is 7.11 Å². The van der Waals surface area contributed by atoms with E-state index in [-0.39, 0.29) is 0 Å². The fourth-order valence-electron chi connectivity index (χ4n) is 1.81. The van der Waals surface area contributed by atoms with Crippen molar-refractivity contribution in [3.63, 3.8) is 0 Å². The normalized spacial score (nSPS) is 11.4. The van der Waals surface area contributed by atoms with Gasteiger partial charge >= 0.3 is 0 Å². The molecule has 0 amide bonds.